The fourth-order valence-corrected chi connectivity index (χ4v) is 2.76. The monoisotopic (exact) mass is 278 g/mol. The van der Waals surface area contributed by atoms with Gasteiger partial charge >= 0.3 is 0 Å². The molecule has 1 aromatic carbocycles. The molecule has 3 N–H and O–H groups in total. The van der Waals surface area contributed by atoms with E-state index >= 15 is 0 Å². The number of hydrogen-bond acceptors (Lipinski definition) is 4. The molecule has 1 aliphatic heterocycles. The third kappa shape index (κ3) is 4.20. The third-order valence-electron chi connectivity index (χ3n) is 4.04. The average molecular weight is 278 g/mol. The van der Waals surface area contributed by atoms with E-state index in [4.69, 9.17) is 10.5 Å². The summed E-state index contributed by atoms with van der Waals surface area (Å²) in [6, 6.07) is 7.72. The van der Waals surface area contributed by atoms with E-state index in [2.05, 4.69) is 11.8 Å². The van der Waals surface area contributed by atoms with E-state index in [9.17, 15) is 5.11 Å². The molecule has 2 atom stereocenters. The summed E-state index contributed by atoms with van der Waals surface area (Å²) in [7, 11) is 0. The molecule has 0 bridgehead atoms. The van der Waals surface area contributed by atoms with Gasteiger partial charge in [0, 0.05) is 25.2 Å². The molecule has 2 rings (SSSR count). The van der Waals surface area contributed by atoms with Crippen molar-refractivity contribution in [2.24, 2.45) is 11.7 Å². The average Bonchev–Trinajstić information content (AvgIpc) is 2.93. The maximum atomic E-state index is 10.1. The van der Waals surface area contributed by atoms with Gasteiger partial charge in [-0.2, -0.15) is 0 Å². The van der Waals surface area contributed by atoms with Gasteiger partial charge in [-0.3, -0.25) is 0 Å². The van der Waals surface area contributed by atoms with Crippen LogP contribution in [0.25, 0.3) is 0 Å². The van der Waals surface area contributed by atoms with Crippen molar-refractivity contribution < 1.29 is 9.84 Å². The van der Waals surface area contributed by atoms with Crippen molar-refractivity contribution in [2.45, 2.75) is 32.4 Å². The largest absolute Gasteiger partial charge is 0.491 e. The van der Waals surface area contributed by atoms with Gasteiger partial charge in [-0.05, 0) is 24.9 Å². The van der Waals surface area contributed by atoms with Gasteiger partial charge in [0.1, 0.15) is 18.5 Å². The number of nitrogens with two attached hydrogens (primary N) is 1. The van der Waals surface area contributed by atoms with Crippen molar-refractivity contribution in [3.8, 4) is 5.75 Å². The Morgan fingerprint density at radius 1 is 1.45 bits per heavy atom. The molecule has 0 aromatic heterocycles. The van der Waals surface area contributed by atoms with Crippen molar-refractivity contribution in [1.29, 1.82) is 0 Å². The number of benzene rings is 1. The molecule has 0 saturated carbocycles. The summed E-state index contributed by atoms with van der Waals surface area (Å²) >= 11 is 0. The number of rotatable bonds is 7. The predicted molar refractivity (Wildman–Crippen MR) is 80.7 cm³/mol. The number of aliphatic hydroxyl groups excluding tert-OH is 1. The molecule has 1 aliphatic rings. The van der Waals surface area contributed by atoms with Crippen LogP contribution in [-0.2, 0) is 6.54 Å². The first-order valence-corrected chi connectivity index (χ1v) is 7.54. The number of ether oxygens (including phenoxy) is 1. The zero-order valence-corrected chi connectivity index (χ0v) is 12.3. The van der Waals surface area contributed by atoms with Gasteiger partial charge in [-0.1, -0.05) is 31.5 Å². The Morgan fingerprint density at radius 3 is 2.95 bits per heavy atom. The Hall–Kier alpha value is -1.10. The molecular formula is C16H26N2O2. The number of β-amino-alcohol motifs (C(OH)–C–C–N with tert-alkyl or cyclic N) is 1. The number of aliphatic hydroxyl groups is 1. The Bertz CT molecular complexity index is 411. The van der Waals surface area contributed by atoms with Crippen molar-refractivity contribution in [2.75, 3.05) is 26.2 Å². The summed E-state index contributed by atoms with van der Waals surface area (Å²) in [6.07, 6.45) is 2.03. The van der Waals surface area contributed by atoms with Crippen molar-refractivity contribution in [1.82, 2.24) is 4.90 Å². The van der Waals surface area contributed by atoms with Crippen molar-refractivity contribution in [3.05, 3.63) is 29.8 Å². The maximum absolute atomic E-state index is 10.1. The standard InChI is InChI=1S/C16H26N2O2/c1-2-13-7-8-18(10-13)11-15(19)12-20-16-6-4-3-5-14(16)9-17/h3-6,13,15,19H,2,7-12,17H2,1H3. The van der Waals surface area contributed by atoms with Crippen LogP contribution in [-0.4, -0.2) is 42.4 Å². The normalized spacial score (nSPS) is 21.1. The van der Waals surface area contributed by atoms with E-state index in [-0.39, 0.29) is 0 Å². The molecule has 20 heavy (non-hydrogen) atoms. The molecule has 4 heteroatoms. The molecule has 1 saturated heterocycles. The smallest absolute Gasteiger partial charge is 0.123 e. The molecule has 1 fully saturated rings. The third-order valence-corrected chi connectivity index (χ3v) is 4.04. The summed E-state index contributed by atoms with van der Waals surface area (Å²) in [5.74, 6) is 1.57. The van der Waals surface area contributed by atoms with Crippen LogP contribution < -0.4 is 10.5 Å². The topological polar surface area (TPSA) is 58.7 Å². The van der Waals surface area contributed by atoms with Gasteiger partial charge in [0.15, 0.2) is 0 Å². The van der Waals surface area contributed by atoms with E-state index in [1.165, 1.54) is 12.8 Å². The van der Waals surface area contributed by atoms with E-state index in [1.807, 2.05) is 24.3 Å². The first kappa shape index (κ1) is 15.3. The number of para-hydroxylation sites is 1. The minimum atomic E-state index is -0.448. The SMILES string of the molecule is CCC1CCN(CC(O)COc2ccccc2CN)C1. The van der Waals surface area contributed by atoms with Crippen molar-refractivity contribution in [3.63, 3.8) is 0 Å². The van der Waals surface area contributed by atoms with E-state index < -0.39 is 6.10 Å². The molecule has 112 valence electrons. The first-order chi connectivity index (χ1) is 9.72. The van der Waals surface area contributed by atoms with Gasteiger partial charge in [-0.25, -0.2) is 0 Å². The Kier molecular flexibility index (Phi) is 5.83. The summed E-state index contributed by atoms with van der Waals surface area (Å²) in [5.41, 5.74) is 6.65. The van der Waals surface area contributed by atoms with E-state index in [0.29, 0.717) is 19.7 Å². The lowest BCUT2D eigenvalue weighted by atomic mass is 10.1. The van der Waals surface area contributed by atoms with Gasteiger partial charge in [0.25, 0.3) is 0 Å². The lowest BCUT2D eigenvalue weighted by Crippen LogP contribution is -2.34. The fourth-order valence-electron chi connectivity index (χ4n) is 2.76. The molecule has 2 unspecified atom stereocenters. The molecule has 4 nitrogen and oxygen atoms in total. The van der Waals surface area contributed by atoms with Gasteiger partial charge in [-0.15, -0.1) is 0 Å². The number of nitrogens with zero attached hydrogens (tertiary/aromatic N) is 1. The highest BCUT2D eigenvalue weighted by Gasteiger charge is 2.22. The number of likely N-dealkylation sites (tertiary alicyclic amines) is 1. The summed E-state index contributed by atoms with van der Waals surface area (Å²) < 4.78 is 5.70. The molecular weight excluding hydrogens is 252 g/mol. The lowest BCUT2D eigenvalue weighted by Gasteiger charge is -2.20. The van der Waals surface area contributed by atoms with Crippen molar-refractivity contribution >= 4 is 0 Å². The van der Waals surface area contributed by atoms with Crippen LogP contribution in [0.1, 0.15) is 25.3 Å². The molecule has 0 amide bonds. The molecule has 0 aliphatic carbocycles. The van der Waals surface area contributed by atoms with Crippen LogP contribution in [0.3, 0.4) is 0 Å². The Morgan fingerprint density at radius 2 is 2.25 bits per heavy atom. The molecule has 0 radical (unpaired) electrons. The van der Waals surface area contributed by atoms with Gasteiger partial charge in [0.05, 0.1) is 0 Å². The van der Waals surface area contributed by atoms with E-state index in [1.54, 1.807) is 0 Å². The highest BCUT2D eigenvalue weighted by Crippen LogP contribution is 2.20. The van der Waals surface area contributed by atoms with Gasteiger partial charge < -0.3 is 20.5 Å². The zero-order valence-electron chi connectivity index (χ0n) is 12.3. The first-order valence-electron chi connectivity index (χ1n) is 7.54. The van der Waals surface area contributed by atoms with Crippen LogP contribution in [0, 0.1) is 5.92 Å². The highest BCUT2D eigenvalue weighted by atomic mass is 16.5. The molecule has 1 heterocycles. The second kappa shape index (κ2) is 7.62. The summed E-state index contributed by atoms with van der Waals surface area (Å²) in [6.45, 7) is 5.90. The molecule has 1 aromatic rings. The minimum absolute atomic E-state index is 0.324. The highest BCUT2D eigenvalue weighted by molar-refractivity contribution is 5.32. The van der Waals surface area contributed by atoms with Crippen LogP contribution >= 0.6 is 0 Å². The Labute approximate surface area is 121 Å². The molecule has 0 spiro atoms. The van der Waals surface area contributed by atoms with E-state index in [0.717, 1.165) is 30.3 Å². The second-order valence-corrected chi connectivity index (χ2v) is 5.60. The zero-order chi connectivity index (χ0) is 14.4. The van der Waals surface area contributed by atoms with Crippen LogP contribution in [0.2, 0.25) is 0 Å². The Balaban J connectivity index is 1.76. The maximum Gasteiger partial charge on any atom is 0.123 e. The number of hydrogen-bond donors (Lipinski definition) is 2. The van der Waals surface area contributed by atoms with Crippen LogP contribution in [0.5, 0.6) is 5.75 Å². The lowest BCUT2D eigenvalue weighted by molar-refractivity contribution is 0.0743. The quantitative estimate of drug-likeness (QED) is 0.795. The second-order valence-electron chi connectivity index (χ2n) is 5.60. The predicted octanol–water partition coefficient (Wildman–Crippen LogP) is 1.62. The van der Waals surface area contributed by atoms with Crippen LogP contribution in [0.4, 0.5) is 0 Å². The van der Waals surface area contributed by atoms with Crippen LogP contribution in [0.15, 0.2) is 24.3 Å². The minimum Gasteiger partial charge on any atom is -0.491 e. The fraction of sp³-hybridized carbons (Fsp3) is 0.625. The summed E-state index contributed by atoms with van der Waals surface area (Å²) in [4.78, 5) is 2.33. The van der Waals surface area contributed by atoms with Gasteiger partial charge in [0.2, 0.25) is 0 Å². The summed E-state index contributed by atoms with van der Waals surface area (Å²) in [5, 5.41) is 10.1.